The zero-order chi connectivity index (χ0) is 13.8. The summed E-state index contributed by atoms with van der Waals surface area (Å²) >= 11 is 1.01. The van der Waals surface area contributed by atoms with E-state index in [9.17, 15) is 22.8 Å². The Balaban J connectivity index is 2.69. The summed E-state index contributed by atoms with van der Waals surface area (Å²) < 4.78 is 36.5. The van der Waals surface area contributed by atoms with Crippen LogP contribution in [0.3, 0.4) is 0 Å². The molecule has 0 unspecified atom stereocenters. The number of rotatable bonds is 4. The number of carboxylic acid groups (broad SMARTS) is 1. The van der Waals surface area contributed by atoms with E-state index in [0.29, 0.717) is 0 Å². The fourth-order valence-corrected chi connectivity index (χ4v) is 1.55. The van der Waals surface area contributed by atoms with Crippen molar-refractivity contribution in [2.45, 2.75) is 6.18 Å². The summed E-state index contributed by atoms with van der Waals surface area (Å²) in [5.74, 6) is -1.53. The molecular formula is C8H8F3N3O3S. The topological polar surface area (TPSA) is 82.5 Å². The van der Waals surface area contributed by atoms with Crippen LogP contribution in [0.25, 0.3) is 0 Å². The molecule has 1 aromatic heterocycles. The molecule has 1 aromatic rings. The number of anilines is 1. The maximum absolute atomic E-state index is 12.2. The molecule has 100 valence electrons. The van der Waals surface area contributed by atoms with Gasteiger partial charge in [0.1, 0.15) is 13.1 Å². The third-order valence-corrected chi connectivity index (χ3v) is 2.32. The maximum Gasteiger partial charge on any atom is 0.406 e. The summed E-state index contributed by atoms with van der Waals surface area (Å²) in [6.45, 7) is -2.69. The molecule has 0 aromatic carbocycles. The Kier molecular flexibility index (Phi) is 4.48. The van der Waals surface area contributed by atoms with Crippen LogP contribution in [0.4, 0.5) is 23.1 Å². The summed E-state index contributed by atoms with van der Waals surface area (Å²) in [4.78, 5) is 25.6. The molecule has 0 aliphatic carbocycles. The second-order valence-corrected chi connectivity index (χ2v) is 4.03. The molecule has 0 atom stereocenters. The predicted molar refractivity (Wildman–Crippen MR) is 56.4 cm³/mol. The molecule has 2 N–H and O–H groups in total. The van der Waals surface area contributed by atoms with Crippen LogP contribution < -0.4 is 5.32 Å². The summed E-state index contributed by atoms with van der Waals surface area (Å²) in [6.07, 6.45) is -3.32. The molecule has 10 heteroatoms. The third-order valence-electron chi connectivity index (χ3n) is 1.63. The molecule has 0 fully saturated rings. The van der Waals surface area contributed by atoms with E-state index in [1.54, 1.807) is 0 Å². The molecule has 1 rings (SSSR count). The lowest BCUT2D eigenvalue weighted by molar-refractivity contribution is -0.148. The Morgan fingerprint density at radius 3 is 2.61 bits per heavy atom. The lowest BCUT2D eigenvalue weighted by Crippen LogP contribution is -2.44. The van der Waals surface area contributed by atoms with Crippen molar-refractivity contribution in [2.24, 2.45) is 0 Å². The van der Waals surface area contributed by atoms with Crippen molar-refractivity contribution in [2.75, 3.05) is 18.4 Å². The van der Waals surface area contributed by atoms with Gasteiger partial charge in [0.15, 0.2) is 5.13 Å². The van der Waals surface area contributed by atoms with Gasteiger partial charge in [0, 0.05) is 11.6 Å². The van der Waals surface area contributed by atoms with Crippen molar-refractivity contribution < 1.29 is 27.9 Å². The molecule has 1 heterocycles. The van der Waals surface area contributed by atoms with Gasteiger partial charge in [-0.25, -0.2) is 9.78 Å². The number of hydrogen-bond acceptors (Lipinski definition) is 4. The van der Waals surface area contributed by atoms with E-state index in [4.69, 9.17) is 5.11 Å². The molecule has 0 aliphatic heterocycles. The van der Waals surface area contributed by atoms with Crippen molar-refractivity contribution in [3.05, 3.63) is 11.6 Å². The largest absolute Gasteiger partial charge is 0.480 e. The Morgan fingerprint density at radius 1 is 1.50 bits per heavy atom. The summed E-state index contributed by atoms with van der Waals surface area (Å²) in [5, 5.41) is 12.1. The van der Waals surface area contributed by atoms with E-state index in [2.05, 4.69) is 10.3 Å². The lowest BCUT2D eigenvalue weighted by Gasteiger charge is -2.21. The molecule has 0 saturated carbocycles. The van der Waals surface area contributed by atoms with Gasteiger partial charge in [-0.3, -0.25) is 10.1 Å². The first-order valence-electron chi connectivity index (χ1n) is 4.52. The SMILES string of the molecule is O=C(O)CN(CC(F)(F)F)C(=O)Nc1nccs1. The van der Waals surface area contributed by atoms with Gasteiger partial charge in [0.25, 0.3) is 0 Å². The molecule has 6 nitrogen and oxygen atoms in total. The first-order valence-corrected chi connectivity index (χ1v) is 5.40. The number of carbonyl (C=O) groups excluding carboxylic acids is 1. The Hall–Kier alpha value is -1.84. The van der Waals surface area contributed by atoms with Crippen molar-refractivity contribution in [1.29, 1.82) is 0 Å². The van der Waals surface area contributed by atoms with Crippen LogP contribution in [0.15, 0.2) is 11.6 Å². The minimum absolute atomic E-state index is 0.0950. The normalized spacial score (nSPS) is 11.1. The Labute approximate surface area is 103 Å². The molecule has 18 heavy (non-hydrogen) atoms. The van der Waals surface area contributed by atoms with E-state index < -0.39 is 31.3 Å². The number of alkyl halides is 3. The number of amides is 2. The number of nitrogens with zero attached hydrogens (tertiary/aromatic N) is 2. The highest BCUT2D eigenvalue weighted by Gasteiger charge is 2.34. The number of aromatic nitrogens is 1. The smallest absolute Gasteiger partial charge is 0.406 e. The highest BCUT2D eigenvalue weighted by atomic mass is 32.1. The number of carbonyl (C=O) groups is 2. The monoisotopic (exact) mass is 283 g/mol. The zero-order valence-electron chi connectivity index (χ0n) is 8.77. The van der Waals surface area contributed by atoms with Crippen LogP contribution >= 0.6 is 11.3 Å². The standard InChI is InChI=1S/C8H8F3N3O3S/c9-8(10,11)4-14(3-5(15)16)7(17)13-6-12-1-2-18-6/h1-2H,3-4H2,(H,15,16)(H,12,13,17). The summed E-state index contributed by atoms with van der Waals surface area (Å²) in [6, 6.07) is -1.16. The van der Waals surface area contributed by atoms with Crippen molar-refractivity contribution in [1.82, 2.24) is 9.88 Å². The van der Waals surface area contributed by atoms with Crippen molar-refractivity contribution in [3.63, 3.8) is 0 Å². The van der Waals surface area contributed by atoms with E-state index in [-0.39, 0.29) is 10.0 Å². The Bertz CT molecular complexity index is 421. The molecular weight excluding hydrogens is 275 g/mol. The minimum atomic E-state index is -4.67. The highest BCUT2D eigenvalue weighted by Crippen LogP contribution is 2.18. The van der Waals surface area contributed by atoms with Gasteiger partial charge in [-0.1, -0.05) is 0 Å². The highest BCUT2D eigenvalue weighted by molar-refractivity contribution is 7.13. The predicted octanol–water partition coefficient (Wildman–Crippen LogP) is 1.62. The lowest BCUT2D eigenvalue weighted by atomic mass is 10.5. The van der Waals surface area contributed by atoms with Gasteiger partial charge in [-0.05, 0) is 0 Å². The maximum atomic E-state index is 12.2. The fourth-order valence-electron chi connectivity index (χ4n) is 1.03. The van der Waals surface area contributed by atoms with Crippen LogP contribution in [0.5, 0.6) is 0 Å². The Morgan fingerprint density at radius 2 is 2.17 bits per heavy atom. The fraction of sp³-hybridized carbons (Fsp3) is 0.375. The molecule has 0 aliphatic rings. The van der Waals surface area contributed by atoms with E-state index in [1.165, 1.54) is 11.6 Å². The average Bonchev–Trinajstić information content (AvgIpc) is 2.66. The van der Waals surface area contributed by atoms with Crippen LogP contribution in [0.2, 0.25) is 0 Å². The van der Waals surface area contributed by atoms with E-state index >= 15 is 0 Å². The van der Waals surface area contributed by atoms with Gasteiger partial charge in [-0.15, -0.1) is 11.3 Å². The second kappa shape index (κ2) is 5.67. The summed E-state index contributed by atoms with van der Waals surface area (Å²) in [7, 11) is 0. The van der Waals surface area contributed by atoms with Crippen LogP contribution in [0.1, 0.15) is 0 Å². The van der Waals surface area contributed by atoms with Crippen molar-refractivity contribution in [3.8, 4) is 0 Å². The van der Waals surface area contributed by atoms with Gasteiger partial charge >= 0.3 is 18.2 Å². The van der Waals surface area contributed by atoms with Crippen molar-refractivity contribution >= 4 is 28.5 Å². The quantitative estimate of drug-likeness (QED) is 0.879. The van der Waals surface area contributed by atoms with Gasteiger partial charge < -0.3 is 10.0 Å². The molecule has 0 spiro atoms. The molecule has 2 amide bonds. The number of urea groups is 1. The number of aliphatic carboxylic acids is 1. The van der Waals surface area contributed by atoms with Crippen LogP contribution in [-0.4, -0.2) is 46.3 Å². The third kappa shape index (κ3) is 4.99. The van der Waals surface area contributed by atoms with Gasteiger partial charge in [0.05, 0.1) is 0 Å². The minimum Gasteiger partial charge on any atom is -0.480 e. The summed E-state index contributed by atoms with van der Waals surface area (Å²) in [5.41, 5.74) is 0. The first-order chi connectivity index (χ1) is 8.28. The second-order valence-electron chi connectivity index (χ2n) is 3.13. The van der Waals surface area contributed by atoms with E-state index in [0.717, 1.165) is 11.3 Å². The molecule has 0 radical (unpaired) electrons. The van der Waals surface area contributed by atoms with Crippen LogP contribution in [0, 0.1) is 0 Å². The van der Waals surface area contributed by atoms with Gasteiger partial charge in [-0.2, -0.15) is 13.2 Å². The number of halogens is 3. The molecule has 0 bridgehead atoms. The number of nitrogens with one attached hydrogen (secondary N) is 1. The van der Waals surface area contributed by atoms with Crippen LogP contribution in [-0.2, 0) is 4.79 Å². The number of hydrogen-bond donors (Lipinski definition) is 2. The number of thiazole rings is 1. The first kappa shape index (κ1) is 14.2. The number of carboxylic acids is 1. The average molecular weight is 283 g/mol. The van der Waals surface area contributed by atoms with Gasteiger partial charge in [0.2, 0.25) is 0 Å². The molecule has 0 saturated heterocycles. The zero-order valence-corrected chi connectivity index (χ0v) is 9.59. The van der Waals surface area contributed by atoms with E-state index in [1.807, 2.05) is 0 Å².